The third-order valence-electron chi connectivity index (χ3n) is 6.11. The maximum absolute atomic E-state index is 12.0. The second-order valence-electron chi connectivity index (χ2n) is 7.81. The predicted molar refractivity (Wildman–Crippen MR) is 116 cm³/mol. The molecule has 2 saturated heterocycles. The molecule has 0 radical (unpaired) electrons. The average molecular weight is 416 g/mol. The highest BCUT2D eigenvalue weighted by atomic mass is 32.1. The average Bonchev–Trinajstić information content (AvgIpc) is 3.37. The molecule has 29 heavy (non-hydrogen) atoms. The lowest BCUT2D eigenvalue weighted by Gasteiger charge is -2.36. The summed E-state index contributed by atoms with van der Waals surface area (Å²) in [5, 5.41) is 3.53. The standard InChI is InChI=1S/C22H29N3O3S/c1-28-22(27)19-7-8-21(26)25(19)11-3-2-10-23-12-14-24(15-13-23)18-5-4-6-20-17(18)9-16-29-20/h4-6,9,16,19H,2-3,7-8,10-15H2,1H3. The summed E-state index contributed by atoms with van der Waals surface area (Å²) in [6.07, 6.45) is 3.01. The number of anilines is 1. The minimum Gasteiger partial charge on any atom is -0.467 e. The maximum Gasteiger partial charge on any atom is 0.328 e. The van der Waals surface area contributed by atoms with Gasteiger partial charge in [-0.25, -0.2) is 4.79 Å². The summed E-state index contributed by atoms with van der Waals surface area (Å²) in [5.74, 6) is -0.204. The number of benzene rings is 1. The number of piperazine rings is 1. The number of thiophene rings is 1. The van der Waals surface area contributed by atoms with Crippen molar-refractivity contribution in [1.29, 1.82) is 0 Å². The van der Waals surface area contributed by atoms with Crippen LogP contribution in [0.25, 0.3) is 10.1 Å². The zero-order chi connectivity index (χ0) is 20.2. The van der Waals surface area contributed by atoms with Gasteiger partial charge in [0.15, 0.2) is 0 Å². The molecule has 0 aliphatic carbocycles. The van der Waals surface area contributed by atoms with Crippen LogP contribution in [0.2, 0.25) is 0 Å². The number of hydrogen-bond acceptors (Lipinski definition) is 6. The normalized spacial score (nSPS) is 20.6. The first-order valence-electron chi connectivity index (χ1n) is 10.5. The maximum atomic E-state index is 12.0. The summed E-state index contributed by atoms with van der Waals surface area (Å²) in [5.41, 5.74) is 1.35. The van der Waals surface area contributed by atoms with Crippen molar-refractivity contribution < 1.29 is 14.3 Å². The number of nitrogens with zero attached hydrogens (tertiary/aromatic N) is 3. The fourth-order valence-electron chi connectivity index (χ4n) is 4.48. The number of carbonyl (C=O) groups is 2. The lowest BCUT2D eigenvalue weighted by atomic mass is 10.1. The number of fused-ring (bicyclic) bond motifs is 1. The van der Waals surface area contributed by atoms with Crippen molar-refractivity contribution in [2.45, 2.75) is 31.7 Å². The van der Waals surface area contributed by atoms with Crippen molar-refractivity contribution in [2.24, 2.45) is 0 Å². The Kier molecular flexibility index (Phi) is 6.35. The summed E-state index contributed by atoms with van der Waals surface area (Å²) in [6, 6.07) is 8.42. The molecule has 2 aliphatic rings. The fourth-order valence-corrected chi connectivity index (χ4v) is 5.29. The van der Waals surface area contributed by atoms with Gasteiger partial charge in [0.25, 0.3) is 0 Å². The monoisotopic (exact) mass is 415 g/mol. The number of likely N-dealkylation sites (tertiary alicyclic amines) is 1. The van der Waals surface area contributed by atoms with E-state index in [1.807, 2.05) is 0 Å². The molecule has 0 saturated carbocycles. The van der Waals surface area contributed by atoms with E-state index < -0.39 is 0 Å². The molecule has 4 rings (SSSR count). The number of methoxy groups -OCH3 is 1. The van der Waals surface area contributed by atoms with Crippen LogP contribution in [0.4, 0.5) is 5.69 Å². The molecule has 3 heterocycles. The predicted octanol–water partition coefficient (Wildman–Crippen LogP) is 2.97. The van der Waals surface area contributed by atoms with Gasteiger partial charge in [-0.05, 0) is 49.4 Å². The van der Waals surface area contributed by atoms with E-state index >= 15 is 0 Å². The Morgan fingerprint density at radius 3 is 2.72 bits per heavy atom. The third-order valence-corrected chi connectivity index (χ3v) is 6.99. The Labute approximate surface area is 176 Å². The molecule has 2 aliphatic heterocycles. The van der Waals surface area contributed by atoms with Crippen molar-refractivity contribution in [3.8, 4) is 0 Å². The second-order valence-corrected chi connectivity index (χ2v) is 8.76. The highest BCUT2D eigenvalue weighted by molar-refractivity contribution is 7.17. The molecule has 0 N–H and O–H groups in total. The number of hydrogen-bond donors (Lipinski definition) is 0. The van der Waals surface area contributed by atoms with Gasteiger partial charge in [-0.1, -0.05) is 6.07 Å². The van der Waals surface area contributed by atoms with Gasteiger partial charge >= 0.3 is 5.97 Å². The summed E-state index contributed by atoms with van der Waals surface area (Å²) in [7, 11) is 1.39. The molecular weight excluding hydrogens is 386 g/mol. The van der Waals surface area contributed by atoms with E-state index in [2.05, 4.69) is 39.4 Å². The van der Waals surface area contributed by atoms with Gasteiger partial charge in [-0.3, -0.25) is 9.69 Å². The lowest BCUT2D eigenvalue weighted by molar-refractivity contribution is -0.149. The Morgan fingerprint density at radius 2 is 1.93 bits per heavy atom. The zero-order valence-corrected chi connectivity index (χ0v) is 17.8. The highest BCUT2D eigenvalue weighted by Gasteiger charge is 2.36. The quantitative estimate of drug-likeness (QED) is 0.514. The molecule has 7 heteroatoms. The summed E-state index contributed by atoms with van der Waals surface area (Å²) >= 11 is 1.80. The second kappa shape index (κ2) is 9.13. The fraction of sp³-hybridized carbons (Fsp3) is 0.545. The Morgan fingerprint density at radius 1 is 1.14 bits per heavy atom. The van der Waals surface area contributed by atoms with Gasteiger partial charge in [0.05, 0.1) is 7.11 Å². The third kappa shape index (κ3) is 4.41. The first-order chi connectivity index (χ1) is 14.2. The molecular formula is C22H29N3O3S. The molecule has 2 fully saturated rings. The molecule has 1 aromatic carbocycles. The van der Waals surface area contributed by atoms with E-state index in [9.17, 15) is 9.59 Å². The van der Waals surface area contributed by atoms with E-state index in [-0.39, 0.29) is 17.9 Å². The molecule has 1 atom stereocenters. The van der Waals surface area contributed by atoms with Gasteiger partial charge in [0, 0.05) is 54.9 Å². The molecule has 156 valence electrons. The number of amides is 1. The van der Waals surface area contributed by atoms with Gasteiger partial charge in [0.1, 0.15) is 6.04 Å². The number of esters is 1. The van der Waals surface area contributed by atoms with Crippen LogP contribution in [0.15, 0.2) is 29.6 Å². The van der Waals surface area contributed by atoms with Crippen molar-refractivity contribution in [2.75, 3.05) is 51.3 Å². The topological polar surface area (TPSA) is 53.1 Å². The molecule has 1 amide bonds. The van der Waals surface area contributed by atoms with Crippen molar-refractivity contribution >= 4 is 39.0 Å². The van der Waals surface area contributed by atoms with Crippen LogP contribution < -0.4 is 4.90 Å². The van der Waals surface area contributed by atoms with E-state index in [4.69, 9.17) is 4.74 Å². The van der Waals surface area contributed by atoms with Crippen molar-refractivity contribution in [1.82, 2.24) is 9.80 Å². The van der Waals surface area contributed by atoms with Gasteiger partial charge in [0.2, 0.25) is 5.91 Å². The van der Waals surface area contributed by atoms with Crippen molar-refractivity contribution in [3.63, 3.8) is 0 Å². The molecule has 2 aromatic rings. The van der Waals surface area contributed by atoms with Crippen molar-refractivity contribution in [3.05, 3.63) is 29.6 Å². The molecule has 1 unspecified atom stereocenters. The minimum absolute atomic E-state index is 0.0802. The minimum atomic E-state index is -0.379. The molecule has 0 spiro atoms. The number of carbonyl (C=O) groups excluding carboxylic acids is 2. The number of unbranched alkanes of at least 4 members (excludes halogenated alkanes) is 1. The van der Waals surface area contributed by atoms with Crippen LogP contribution in [0.3, 0.4) is 0 Å². The summed E-state index contributed by atoms with van der Waals surface area (Å²) in [6.45, 7) is 5.91. The van der Waals surface area contributed by atoms with Crippen LogP contribution >= 0.6 is 11.3 Å². The van der Waals surface area contributed by atoms with E-state index in [1.54, 1.807) is 16.2 Å². The highest BCUT2D eigenvalue weighted by Crippen LogP contribution is 2.31. The van der Waals surface area contributed by atoms with Gasteiger partial charge < -0.3 is 14.5 Å². The Bertz CT molecular complexity index is 860. The molecule has 0 bridgehead atoms. The van der Waals surface area contributed by atoms with Crippen LogP contribution in [0.5, 0.6) is 0 Å². The van der Waals surface area contributed by atoms with Crippen LogP contribution in [0.1, 0.15) is 25.7 Å². The Hall–Kier alpha value is -2.12. The number of ether oxygens (including phenoxy) is 1. The summed E-state index contributed by atoms with van der Waals surface area (Å²) < 4.78 is 6.19. The van der Waals surface area contributed by atoms with Gasteiger partial charge in [-0.2, -0.15) is 0 Å². The smallest absolute Gasteiger partial charge is 0.328 e. The van der Waals surface area contributed by atoms with Crippen LogP contribution in [0, 0.1) is 0 Å². The first kappa shape index (κ1) is 20.2. The van der Waals surface area contributed by atoms with E-state index in [1.165, 1.54) is 22.9 Å². The molecule has 1 aromatic heterocycles. The first-order valence-corrected chi connectivity index (χ1v) is 11.4. The van der Waals surface area contributed by atoms with E-state index in [0.717, 1.165) is 45.6 Å². The zero-order valence-electron chi connectivity index (χ0n) is 17.0. The SMILES string of the molecule is COC(=O)C1CCC(=O)N1CCCCN1CCN(c2cccc3sccc23)CC1. The van der Waals surface area contributed by atoms with Crippen LogP contribution in [-0.4, -0.2) is 74.1 Å². The van der Waals surface area contributed by atoms with E-state index in [0.29, 0.717) is 19.4 Å². The lowest BCUT2D eigenvalue weighted by Crippen LogP contribution is -2.46. The largest absolute Gasteiger partial charge is 0.467 e. The summed E-state index contributed by atoms with van der Waals surface area (Å²) in [4.78, 5) is 30.6. The Balaban J connectivity index is 1.21. The van der Waals surface area contributed by atoms with Crippen LogP contribution in [-0.2, 0) is 14.3 Å². The molecule has 6 nitrogen and oxygen atoms in total. The number of rotatable bonds is 7. The van der Waals surface area contributed by atoms with Gasteiger partial charge in [-0.15, -0.1) is 11.3 Å².